The minimum absolute atomic E-state index is 0.160. The summed E-state index contributed by atoms with van der Waals surface area (Å²) < 4.78 is 16.5. The molecular formula is C24H24ClNO4. The van der Waals surface area contributed by atoms with Crippen molar-refractivity contribution in [2.45, 2.75) is 19.4 Å². The maximum Gasteiger partial charge on any atom is 0.253 e. The highest BCUT2D eigenvalue weighted by Crippen LogP contribution is 2.28. The standard InChI is InChI=1S/C24H24ClNO4/c1-4-6-16-30-23(19-8-10-20(25)11-9-19)24(27)26-14-13-18-7-12-21(29-15-5-2)22(17-18)28-3/h2,7-12,17,23H,13-16H2,1,3H3,(H,26,27)/t23-/m0/s1. The van der Waals surface area contributed by atoms with Gasteiger partial charge in [-0.25, -0.2) is 0 Å². The van der Waals surface area contributed by atoms with Crippen molar-refractivity contribution in [3.05, 3.63) is 58.6 Å². The zero-order valence-corrected chi connectivity index (χ0v) is 17.8. The fourth-order valence-electron chi connectivity index (χ4n) is 2.69. The summed E-state index contributed by atoms with van der Waals surface area (Å²) in [5.41, 5.74) is 1.70. The summed E-state index contributed by atoms with van der Waals surface area (Å²) >= 11 is 5.95. The van der Waals surface area contributed by atoms with Gasteiger partial charge in [-0.15, -0.1) is 12.3 Å². The van der Waals surface area contributed by atoms with Crippen LogP contribution in [0, 0.1) is 24.2 Å². The Morgan fingerprint density at radius 2 is 1.93 bits per heavy atom. The number of ether oxygens (including phenoxy) is 3. The number of rotatable bonds is 10. The molecule has 0 aliphatic heterocycles. The monoisotopic (exact) mass is 425 g/mol. The van der Waals surface area contributed by atoms with Crippen LogP contribution in [-0.4, -0.2) is 32.8 Å². The van der Waals surface area contributed by atoms with E-state index in [1.54, 1.807) is 44.4 Å². The number of nitrogens with one attached hydrogen (secondary N) is 1. The maximum absolute atomic E-state index is 12.7. The minimum atomic E-state index is -0.766. The molecule has 0 aliphatic rings. The SMILES string of the molecule is C#CCOc1ccc(CCNC(=O)[C@@H](OCC#CC)c2ccc(Cl)cc2)cc1OC. The Morgan fingerprint density at radius 3 is 2.60 bits per heavy atom. The van der Waals surface area contributed by atoms with Crippen LogP contribution >= 0.6 is 11.6 Å². The summed E-state index contributed by atoms with van der Waals surface area (Å²) in [6, 6.07) is 12.6. The van der Waals surface area contributed by atoms with Gasteiger partial charge in [0, 0.05) is 11.6 Å². The molecule has 5 nitrogen and oxygen atoms in total. The maximum atomic E-state index is 12.7. The molecule has 0 bridgehead atoms. The number of carbonyl (C=O) groups is 1. The molecule has 0 radical (unpaired) electrons. The third-order valence-corrected chi connectivity index (χ3v) is 4.41. The van der Waals surface area contributed by atoms with E-state index in [4.69, 9.17) is 32.2 Å². The summed E-state index contributed by atoms with van der Waals surface area (Å²) in [7, 11) is 1.57. The summed E-state index contributed by atoms with van der Waals surface area (Å²) in [6.45, 7) is 2.48. The highest BCUT2D eigenvalue weighted by Gasteiger charge is 2.21. The molecule has 0 aromatic heterocycles. The van der Waals surface area contributed by atoms with Crippen LogP contribution in [0.5, 0.6) is 11.5 Å². The number of halogens is 1. The van der Waals surface area contributed by atoms with Gasteiger partial charge >= 0.3 is 0 Å². The Hall–Kier alpha value is -3.12. The van der Waals surface area contributed by atoms with E-state index in [9.17, 15) is 4.79 Å². The zero-order valence-electron chi connectivity index (χ0n) is 17.0. The van der Waals surface area contributed by atoms with Crippen LogP contribution in [-0.2, 0) is 16.0 Å². The summed E-state index contributed by atoms with van der Waals surface area (Å²) in [4.78, 5) is 12.7. The molecule has 30 heavy (non-hydrogen) atoms. The minimum Gasteiger partial charge on any atom is -0.493 e. The van der Waals surface area contributed by atoms with E-state index >= 15 is 0 Å². The van der Waals surface area contributed by atoms with Crippen LogP contribution in [0.1, 0.15) is 24.2 Å². The van der Waals surface area contributed by atoms with E-state index in [2.05, 4.69) is 23.1 Å². The second kappa shape index (κ2) is 12.4. The average Bonchev–Trinajstić information content (AvgIpc) is 2.76. The van der Waals surface area contributed by atoms with E-state index < -0.39 is 6.10 Å². The van der Waals surface area contributed by atoms with Gasteiger partial charge in [0.05, 0.1) is 7.11 Å². The first kappa shape index (κ1) is 23.2. The highest BCUT2D eigenvalue weighted by atomic mass is 35.5. The first-order valence-electron chi connectivity index (χ1n) is 9.36. The van der Waals surface area contributed by atoms with Crippen molar-refractivity contribution in [2.75, 3.05) is 26.9 Å². The number of hydrogen-bond donors (Lipinski definition) is 1. The highest BCUT2D eigenvalue weighted by molar-refractivity contribution is 6.30. The Bertz CT molecular complexity index is 938. The molecule has 0 saturated carbocycles. The van der Waals surface area contributed by atoms with Gasteiger partial charge < -0.3 is 19.5 Å². The molecule has 0 fully saturated rings. The molecule has 1 N–H and O–H groups in total. The zero-order chi connectivity index (χ0) is 21.8. The topological polar surface area (TPSA) is 56.8 Å². The number of hydrogen-bond acceptors (Lipinski definition) is 4. The van der Waals surface area contributed by atoms with Gasteiger partial charge in [-0.3, -0.25) is 4.79 Å². The van der Waals surface area contributed by atoms with Crippen LogP contribution in [0.2, 0.25) is 5.02 Å². The molecule has 0 unspecified atom stereocenters. The van der Waals surface area contributed by atoms with Crippen molar-refractivity contribution in [3.8, 4) is 35.7 Å². The molecule has 1 amide bonds. The van der Waals surface area contributed by atoms with E-state index in [0.717, 1.165) is 5.56 Å². The predicted molar refractivity (Wildman–Crippen MR) is 118 cm³/mol. The van der Waals surface area contributed by atoms with Gasteiger partial charge in [0.25, 0.3) is 5.91 Å². The van der Waals surface area contributed by atoms with E-state index in [0.29, 0.717) is 35.1 Å². The molecule has 0 spiro atoms. The third kappa shape index (κ3) is 7.04. The second-order valence-electron chi connectivity index (χ2n) is 6.19. The second-order valence-corrected chi connectivity index (χ2v) is 6.62. The molecule has 2 aromatic rings. The molecular weight excluding hydrogens is 402 g/mol. The lowest BCUT2D eigenvalue weighted by atomic mass is 10.1. The molecule has 0 aliphatic carbocycles. The van der Waals surface area contributed by atoms with Crippen LogP contribution in [0.4, 0.5) is 0 Å². The fourth-order valence-corrected chi connectivity index (χ4v) is 2.81. The quantitative estimate of drug-likeness (QED) is 0.588. The van der Waals surface area contributed by atoms with Gasteiger partial charge in [0.2, 0.25) is 0 Å². The molecule has 2 aromatic carbocycles. The van der Waals surface area contributed by atoms with Gasteiger partial charge in [-0.2, -0.15) is 0 Å². The lowest BCUT2D eigenvalue weighted by molar-refractivity contribution is -0.132. The van der Waals surface area contributed by atoms with Gasteiger partial charge in [0.15, 0.2) is 17.6 Å². The number of amides is 1. The van der Waals surface area contributed by atoms with Crippen LogP contribution in [0.25, 0.3) is 0 Å². The van der Waals surface area contributed by atoms with Gasteiger partial charge in [-0.05, 0) is 48.7 Å². The number of methoxy groups -OCH3 is 1. The van der Waals surface area contributed by atoms with Gasteiger partial charge in [0.1, 0.15) is 13.2 Å². The van der Waals surface area contributed by atoms with Crippen LogP contribution < -0.4 is 14.8 Å². The lowest BCUT2D eigenvalue weighted by Gasteiger charge is -2.17. The van der Waals surface area contributed by atoms with E-state index in [1.807, 2.05) is 12.1 Å². The van der Waals surface area contributed by atoms with Crippen molar-refractivity contribution in [1.82, 2.24) is 5.32 Å². The van der Waals surface area contributed by atoms with E-state index in [-0.39, 0.29) is 19.1 Å². The predicted octanol–water partition coefficient (Wildman–Crippen LogP) is 3.80. The fraction of sp³-hybridized carbons (Fsp3) is 0.292. The van der Waals surface area contributed by atoms with Crippen molar-refractivity contribution in [1.29, 1.82) is 0 Å². The lowest BCUT2D eigenvalue weighted by Crippen LogP contribution is -2.32. The number of terminal acetylenes is 1. The summed E-state index contributed by atoms with van der Waals surface area (Å²) in [5.74, 6) is 8.92. The summed E-state index contributed by atoms with van der Waals surface area (Å²) in [5, 5.41) is 3.51. The number of benzene rings is 2. The molecule has 1 atom stereocenters. The van der Waals surface area contributed by atoms with Gasteiger partial charge in [-0.1, -0.05) is 41.6 Å². The molecule has 2 rings (SSSR count). The molecule has 0 saturated heterocycles. The van der Waals surface area contributed by atoms with Crippen LogP contribution in [0.15, 0.2) is 42.5 Å². The Balaban J connectivity index is 1.99. The van der Waals surface area contributed by atoms with Crippen molar-refractivity contribution in [2.24, 2.45) is 0 Å². The average molecular weight is 426 g/mol. The first-order chi connectivity index (χ1) is 14.6. The van der Waals surface area contributed by atoms with E-state index in [1.165, 1.54) is 0 Å². The molecule has 0 heterocycles. The Morgan fingerprint density at radius 1 is 1.17 bits per heavy atom. The van der Waals surface area contributed by atoms with Crippen LogP contribution in [0.3, 0.4) is 0 Å². The molecule has 6 heteroatoms. The third-order valence-electron chi connectivity index (χ3n) is 4.16. The first-order valence-corrected chi connectivity index (χ1v) is 9.74. The Labute approximate surface area is 182 Å². The van der Waals surface area contributed by atoms with Crippen molar-refractivity contribution < 1.29 is 19.0 Å². The largest absolute Gasteiger partial charge is 0.493 e. The number of carbonyl (C=O) groups excluding carboxylic acids is 1. The Kier molecular flexibility index (Phi) is 9.61. The van der Waals surface area contributed by atoms with Crippen molar-refractivity contribution >= 4 is 17.5 Å². The smallest absolute Gasteiger partial charge is 0.253 e. The molecule has 156 valence electrons. The van der Waals surface area contributed by atoms with Crippen molar-refractivity contribution in [3.63, 3.8) is 0 Å². The normalized spacial score (nSPS) is 10.9. The summed E-state index contributed by atoms with van der Waals surface area (Å²) in [6.07, 6.45) is 5.07.